The van der Waals surface area contributed by atoms with E-state index in [4.69, 9.17) is 12.2 Å². The Morgan fingerprint density at radius 2 is 1.93 bits per heavy atom. The normalized spacial score (nSPS) is 32.7. The molecule has 8 heteroatoms. The van der Waals surface area contributed by atoms with Crippen LogP contribution in [0.3, 0.4) is 0 Å². The Kier molecular flexibility index (Phi) is 4.73. The summed E-state index contributed by atoms with van der Waals surface area (Å²) in [6.07, 6.45) is 0.308. The van der Waals surface area contributed by atoms with Crippen LogP contribution in [-0.4, -0.2) is 65.7 Å². The first-order chi connectivity index (χ1) is 12.9. The molecule has 1 heterocycles. The van der Waals surface area contributed by atoms with Crippen LogP contribution in [0.15, 0.2) is 24.3 Å². The van der Waals surface area contributed by atoms with Crippen LogP contribution in [0.5, 0.6) is 0 Å². The molecule has 5 unspecified atom stereocenters. The lowest BCUT2D eigenvalue weighted by Gasteiger charge is -2.41. The molecule has 3 fully saturated rings. The lowest BCUT2D eigenvalue weighted by molar-refractivity contribution is -0.131. The van der Waals surface area contributed by atoms with E-state index in [-0.39, 0.29) is 24.4 Å². The van der Waals surface area contributed by atoms with E-state index in [1.165, 1.54) is 0 Å². The lowest BCUT2D eigenvalue weighted by atomic mass is 9.77. The van der Waals surface area contributed by atoms with Crippen LogP contribution in [0, 0.1) is 5.92 Å². The van der Waals surface area contributed by atoms with E-state index in [0.717, 1.165) is 24.2 Å². The van der Waals surface area contributed by atoms with Gasteiger partial charge in [-0.15, -0.1) is 0 Å². The summed E-state index contributed by atoms with van der Waals surface area (Å²) in [5, 5.41) is 27.5. The standard InChI is InChI=1S/C19H26N4O3S/c1-22(2)11-5-7-12(8-6-11)23-16-13(18(26)20-10-3-4-10)9-14(24)17(25)15(16)21-19(23)27/h5-8,10,13-17,24-25H,3-4,9H2,1-2H3,(H,20,26)(H,21,27). The Morgan fingerprint density at radius 1 is 1.26 bits per heavy atom. The van der Waals surface area contributed by atoms with Gasteiger partial charge in [0.2, 0.25) is 5.91 Å². The van der Waals surface area contributed by atoms with E-state index in [0.29, 0.717) is 5.11 Å². The number of nitrogens with zero attached hydrogens (tertiary/aromatic N) is 2. The second-order valence-electron chi connectivity index (χ2n) is 7.93. The highest BCUT2D eigenvalue weighted by atomic mass is 32.1. The van der Waals surface area contributed by atoms with Crippen LogP contribution in [0.4, 0.5) is 11.4 Å². The van der Waals surface area contributed by atoms with E-state index < -0.39 is 24.2 Å². The molecular formula is C19H26N4O3S. The number of anilines is 2. The van der Waals surface area contributed by atoms with Gasteiger partial charge in [0.25, 0.3) is 0 Å². The van der Waals surface area contributed by atoms with Gasteiger partial charge in [-0.1, -0.05) is 0 Å². The summed E-state index contributed by atoms with van der Waals surface area (Å²) in [6, 6.07) is 7.37. The molecule has 27 heavy (non-hydrogen) atoms. The predicted molar refractivity (Wildman–Crippen MR) is 108 cm³/mol. The molecule has 2 saturated carbocycles. The fourth-order valence-electron chi connectivity index (χ4n) is 4.09. The Morgan fingerprint density at radius 3 is 2.52 bits per heavy atom. The number of hydrogen-bond acceptors (Lipinski definition) is 5. The SMILES string of the molecule is CN(C)c1ccc(N2C(=S)NC3C(O)C(O)CC(C(=O)NC4CC4)C32)cc1. The number of nitrogens with one attached hydrogen (secondary N) is 2. The number of hydrogen-bond donors (Lipinski definition) is 4. The Hall–Kier alpha value is -1.90. The molecular weight excluding hydrogens is 364 g/mol. The summed E-state index contributed by atoms with van der Waals surface area (Å²) in [5.41, 5.74) is 1.94. The van der Waals surface area contributed by atoms with Gasteiger partial charge in [-0.25, -0.2) is 0 Å². The van der Waals surface area contributed by atoms with E-state index >= 15 is 0 Å². The highest BCUT2D eigenvalue weighted by Gasteiger charge is 2.54. The van der Waals surface area contributed by atoms with Gasteiger partial charge in [-0.2, -0.15) is 0 Å². The van der Waals surface area contributed by atoms with Crippen molar-refractivity contribution in [1.29, 1.82) is 0 Å². The minimum atomic E-state index is -0.969. The highest BCUT2D eigenvalue weighted by molar-refractivity contribution is 7.80. The number of aliphatic hydroxyl groups excluding tert-OH is 2. The minimum Gasteiger partial charge on any atom is -0.390 e. The maximum absolute atomic E-state index is 12.9. The maximum atomic E-state index is 12.9. The maximum Gasteiger partial charge on any atom is 0.225 e. The van der Waals surface area contributed by atoms with Gasteiger partial charge >= 0.3 is 0 Å². The van der Waals surface area contributed by atoms with Crippen molar-refractivity contribution >= 4 is 34.6 Å². The van der Waals surface area contributed by atoms with E-state index in [1.54, 1.807) is 0 Å². The first-order valence-electron chi connectivity index (χ1n) is 9.40. The van der Waals surface area contributed by atoms with Crippen molar-refractivity contribution in [2.75, 3.05) is 23.9 Å². The van der Waals surface area contributed by atoms with E-state index in [2.05, 4.69) is 10.6 Å². The molecule has 1 aliphatic heterocycles. The molecule has 1 aromatic carbocycles. The fourth-order valence-corrected chi connectivity index (χ4v) is 4.45. The van der Waals surface area contributed by atoms with Gasteiger partial charge in [-0.05, 0) is 55.7 Å². The van der Waals surface area contributed by atoms with Crippen LogP contribution >= 0.6 is 12.2 Å². The predicted octanol–water partition coefficient (Wildman–Crippen LogP) is 0.205. The van der Waals surface area contributed by atoms with Crippen LogP contribution in [0.2, 0.25) is 0 Å². The number of carbonyl (C=O) groups is 1. The molecule has 4 N–H and O–H groups in total. The van der Waals surface area contributed by atoms with Gasteiger partial charge < -0.3 is 30.6 Å². The van der Waals surface area contributed by atoms with E-state index in [1.807, 2.05) is 48.2 Å². The molecule has 1 amide bonds. The number of benzene rings is 1. The second-order valence-corrected chi connectivity index (χ2v) is 8.32. The molecule has 0 radical (unpaired) electrons. The van der Waals surface area contributed by atoms with Crippen LogP contribution in [-0.2, 0) is 4.79 Å². The number of carbonyl (C=O) groups excluding carboxylic acids is 1. The summed E-state index contributed by atoms with van der Waals surface area (Å²) >= 11 is 5.53. The van der Waals surface area contributed by atoms with Gasteiger partial charge in [-0.3, -0.25) is 4.79 Å². The fraction of sp³-hybridized carbons (Fsp3) is 0.579. The molecule has 0 bridgehead atoms. The van der Waals surface area contributed by atoms with Gasteiger partial charge in [0.1, 0.15) is 6.10 Å². The highest BCUT2D eigenvalue weighted by Crippen LogP contribution is 2.37. The second kappa shape index (κ2) is 6.92. The number of rotatable bonds is 4. The van der Waals surface area contributed by atoms with Crippen LogP contribution < -0.4 is 20.4 Å². The number of fused-ring (bicyclic) bond motifs is 1. The Labute approximate surface area is 164 Å². The molecule has 5 atom stereocenters. The monoisotopic (exact) mass is 390 g/mol. The molecule has 4 rings (SSSR count). The number of amides is 1. The average molecular weight is 391 g/mol. The summed E-state index contributed by atoms with van der Waals surface area (Å²) in [7, 11) is 3.95. The smallest absolute Gasteiger partial charge is 0.225 e. The Bertz CT molecular complexity index is 737. The summed E-state index contributed by atoms with van der Waals surface area (Å²) in [6.45, 7) is 0. The first-order valence-corrected chi connectivity index (χ1v) is 9.81. The van der Waals surface area contributed by atoms with Crippen molar-refractivity contribution in [3.63, 3.8) is 0 Å². The summed E-state index contributed by atoms with van der Waals surface area (Å²) in [5.74, 6) is -0.518. The number of thiocarbonyl (C=S) groups is 1. The number of aliphatic hydroxyl groups is 2. The third-order valence-electron chi connectivity index (χ3n) is 5.75. The van der Waals surface area contributed by atoms with Gasteiger partial charge in [0, 0.05) is 31.5 Å². The summed E-state index contributed by atoms with van der Waals surface area (Å²) < 4.78 is 0. The quantitative estimate of drug-likeness (QED) is 0.547. The first kappa shape index (κ1) is 18.5. The van der Waals surface area contributed by atoms with Crippen LogP contribution in [0.1, 0.15) is 19.3 Å². The molecule has 1 saturated heterocycles. The minimum absolute atomic E-state index is 0.0696. The van der Waals surface area contributed by atoms with Crippen molar-refractivity contribution < 1.29 is 15.0 Å². The van der Waals surface area contributed by atoms with Crippen molar-refractivity contribution in [3.05, 3.63) is 24.3 Å². The zero-order chi connectivity index (χ0) is 19.3. The topological polar surface area (TPSA) is 88.1 Å². The molecule has 146 valence electrons. The zero-order valence-corrected chi connectivity index (χ0v) is 16.3. The third kappa shape index (κ3) is 3.37. The molecule has 3 aliphatic rings. The largest absolute Gasteiger partial charge is 0.390 e. The molecule has 0 aromatic heterocycles. The van der Waals surface area contributed by atoms with Gasteiger partial charge in [0.05, 0.1) is 24.1 Å². The average Bonchev–Trinajstić information content (AvgIpc) is 3.38. The van der Waals surface area contributed by atoms with Crippen molar-refractivity contribution in [2.24, 2.45) is 5.92 Å². The molecule has 0 spiro atoms. The summed E-state index contributed by atoms with van der Waals surface area (Å²) in [4.78, 5) is 16.8. The molecule has 1 aromatic rings. The van der Waals surface area contributed by atoms with Crippen molar-refractivity contribution in [1.82, 2.24) is 10.6 Å². The van der Waals surface area contributed by atoms with Gasteiger partial charge in [0.15, 0.2) is 5.11 Å². The molecule has 2 aliphatic carbocycles. The third-order valence-corrected chi connectivity index (χ3v) is 6.06. The lowest BCUT2D eigenvalue weighted by Crippen LogP contribution is -2.61. The van der Waals surface area contributed by atoms with Crippen LogP contribution in [0.25, 0.3) is 0 Å². The van der Waals surface area contributed by atoms with Crippen molar-refractivity contribution in [3.8, 4) is 0 Å². The Balaban J connectivity index is 1.65. The zero-order valence-electron chi connectivity index (χ0n) is 15.5. The van der Waals surface area contributed by atoms with E-state index in [9.17, 15) is 15.0 Å². The van der Waals surface area contributed by atoms with Crippen molar-refractivity contribution in [2.45, 2.75) is 49.6 Å². The molecule has 7 nitrogen and oxygen atoms in total.